The second kappa shape index (κ2) is 3.95. The molecule has 0 atom stereocenters. The van der Waals surface area contributed by atoms with Crippen molar-refractivity contribution in [3.05, 3.63) is 29.3 Å². The number of aromatic carboxylic acids is 1. The Morgan fingerprint density at radius 1 is 1.47 bits per heavy atom. The van der Waals surface area contributed by atoms with Crippen molar-refractivity contribution in [3.63, 3.8) is 0 Å². The van der Waals surface area contributed by atoms with Gasteiger partial charge in [-0.3, -0.25) is 0 Å². The summed E-state index contributed by atoms with van der Waals surface area (Å²) in [6.45, 7) is -0.870. The minimum atomic E-state index is -4.11. The largest absolute Gasteiger partial charge is 0.478 e. The summed E-state index contributed by atoms with van der Waals surface area (Å²) >= 11 is 0. The van der Waals surface area contributed by atoms with E-state index in [0.29, 0.717) is 0 Å². The van der Waals surface area contributed by atoms with E-state index in [1.165, 1.54) is 6.07 Å². The normalized spacial score (nSPS) is 11.3. The third-order valence-corrected chi connectivity index (χ3v) is 2.70. The summed E-state index contributed by atoms with van der Waals surface area (Å²) in [5.74, 6) is -1.46. The molecule has 0 saturated heterocycles. The summed E-state index contributed by atoms with van der Waals surface area (Å²) in [6.07, 6.45) is 0. The van der Waals surface area contributed by atoms with E-state index in [1.807, 2.05) is 0 Å². The number of primary sulfonamides is 1. The van der Waals surface area contributed by atoms with Crippen LogP contribution in [-0.2, 0) is 16.7 Å². The highest BCUT2D eigenvalue weighted by Gasteiger charge is 2.19. The number of alkyl halides is 1. The first-order valence-corrected chi connectivity index (χ1v) is 5.36. The lowest BCUT2D eigenvalue weighted by Gasteiger charge is -2.04. The molecule has 0 amide bonds. The maximum atomic E-state index is 12.2. The van der Waals surface area contributed by atoms with Crippen LogP contribution in [0.3, 0.4) is 0 Å². The summed E-state index contributed by atoms with van der Waals surface area (Å²) in [5.41, 5.74) is -0.438. The molecule has 1 aromatic rings. The predicted molar refractivity (Wildman–Crippen MR) is 49.6 cm³/mol. The lowest BCUT2D eigenvalue weighted by Crippen LogP contribution is -2.16. The predicted octanol–water partition coefficient (Wildman–Crippen LogP) is 0.502. The summed E-state index contributed by atoms with van der Waals surface area (Å²) in [5, 5.41) is 13.5. The molecular weight excluding hydrogens is 225 g/mol. The summed E-state index contributed by atoms with van der Waals surface area (Å²) in [7, 11) is -4.11. The highest BCUT2D eigenvalue weighted by molar-refractivity contribution is 7.89. The van der Waals surface area contributed by atoms with Crippen LogP contribution in [-0.4, -0.2) is 19.5 Å². The Kier molecular flexibility index (Phi) is 3.06. The first kappa shape index (κ1) is 11.6. The van der Waals surface area contributed by atoms with Gasteiger partial charge in [-0.25, -0.2) is 22.7 Å². The lowest BCUT2D eigenvalue weighted by molar-refractivity contribution is 0.0692. The molecule has 0 bridgehead atoms. The molecular formula is C8H8FNO4S. The molecule has 0 spiro atoms. The zero-order chi connectivity index (χ0) is 11.6. The van der Waals surface area contributed by atoms with Crippen LogP contribution in [0.25, 0.3) is 0 Å². The molecule has 15 heavy (non-hydrogen) atoms. The number of rotatable bonds is 3. The Hall–Kier alpha value is -1.47. The molecule has 5 nitrogen and oxygen atoms in total. The Morgan fingerprint density at radius 2 is 2.07 bits per heavy atom. The van der Waals surface area contributed by atoms with E-state index in [-0.39, 0.29) is 5.56 Å². The number of halogens is 1. The molecule has 1 aromatic carbocycles. The van der Waals surface area contributed by atoms with Gasteiger partial charge in [0.1, 0.15) is 6.67 Å². The molecule has 0 aromatic heterocycles. The first-order chi connectivity index (χ1) is 6.86. The number of carboxylic acid groups (broad SMARTS) is 1. The number of nitrogens with two attached hydrogens (primary N) is 1. The molecule has 3 N–H and O–H groups in total. The highest BCUT2D eigenvalue weighted by Crippen LogP contribution is 2.17. The SMILES string of the molecule is NS(=O)(=O)c1ccc(CF)cc1C(=O)O. The number of sulfonamides is 1. The van der Waals surface area contributed by atoms with E-state index in [9.17, 15) is 17.6 Å². The van der Waals surface area contributed by atoms with Gasteiger partial charge in [-0.1, -0.05) is 6.07 Å². The monoisotopic (exact) mass is 233 g/mol. The van der Waals surface area contributed by atoms with Crippen LogP contribution >= 0.6 is 0 Å². The molecule has 0 aliphatic carbocycles. The van der Waals surface area contributed by atoms with Gasteiger partial charge in [0.15, 0.2) is 0 Å². The van der Waals surface area contributed by atoms with Gasteiger partial charge in [-0.15, -0.1) is 0 Å². The smallest absolute Gasteiger partial charge is 0.337 e. The van der Waals surface area contributed by atoms with Gasteiger partial charge in [0.05, 0.1) is 10.5 Å². The average molecular weight is 233 g/mol. The summed E-state index contributed by atoms with van der Waals surface area (Å²) < 4.78 is 34.2. The topological polar surface area (TPSA) is 97.5 Å². The molecule has 0 heterocycles. The number of carbonyl (C=O) groups is 1. The zero-order valence-corrected chi connectivity index (χ0v) is 8.29. The van der Waals surface area contributed by atoms with E-state index in [4.69, 9.17) is 10.2 Å². The Morgan fingerprint density at radius 3 is 2.47 bits per heavy atom. The van der Waals surface area contributed by atoms with E-state index in [2.05, 4.69) is 0 Å². The molecule has 0 fully saturated rings. The van der Waals surface area contributed by atoms with Crippen molar-refractivity contribution >= 4 is 16.0 Å². The standard InChI is InChI=1S/C8H8FNO4S/c9-4-5-1-2-7(15(10,13)14)6(3-5)8(11)12/h1-3H,4H2,(H,11,12)(H2,10,13,14). The van der Waals surface area contributed by atoms with Crippen molar-refractivity contribution in [2.45, 2.75) is 11.6 Å². The molecule has 1 rings (SSSR count). The van der Waals surface area contributed by atoms with Crippen molar-refractivity contribution in [2.24, 2.45) is 5.14 Å². The minimum Gasteiger partial charge on any atom is -0.478 e. The second-order valence-corrected chi connectivity index (χ2v) is 4.34. The molecule has 7 heteroatoms. The van der Waals surface area contributed by atoms with Crippen LogP contribution < -0.4 is 5.14 Å². The van der Waals surface area contributed by atoms with Crippen LogP contribution in [0.5, 0.6) is 0 Å². The number of hydrogen-bond donors (Lipinski definition) is 2. The third kappa shape index (κ3) is 2.51. The fourth-order valence-electron chi connectivity index (χ4n) is 1.08. The molecule has 0 aliphatic rings. The third-order valence-electron chi connectivity index (χ3n) is 1.74. The molecule has 0 saturated carbocycles. The van der Waals surface area contributed by atoms with Crippen molar-refractivity contribution in [2.75, 3.05) is 0 Å². The Labute approximate surface area is 85.4 Å². The molecule has 0 unspecified atom stereocenters. The van der Waals surface area contributed by atoms with Crippen molar-refractivity contribution in [3.8, 4) is 0 Å². The molecule has 82 valence electrons. The average Bonchev–Trinajstić information content (AvgIpc) is 2.15. The van der Waals surface area contributed by atoms with Crippen LogP contribution in [0.1, 0.15) is 15.9 Å². The maximum absolute atomic E-state index is 12.2. The minimum absolute atomic E-state index is 0.0831. The van der Waals surface area contributed by atoms with Gasteiger partial charge >= 0.3 is 5.97 Å². The van der Waals surface area contributed by atoms with Gasteiger partial charge in [-0.05, 0) is 17.7 Å². The fraction of sp³-hybridized carbons (Fsp3) is 0.125. The van der Waals surface area contributed by atoms with Gasteiger partial charge < -0.3 is 5.11 Å². The number of benzene rings is 1. The molecule has 0 aliphatic heterocycles. The van der Waals surface area contributed by atoms with Gasteiger partial charge in [0.2, 0.25) is 10.0 Å². The lowest BCUT2D eigenvalue weighted by atomic mass is 10.1. The van der Waals surface area contributed by atoms with Gasteiger partial charge in [-0.2, -0.15) is 0 Å². The number of hydrogen-bond acceptors (Lipinski definition) is 3. The van der Waals surface area contributed by atoms with Crippen LogP contribution in [0.15, 0.2) is 23.1 Å². The summed E-state index contributed by atoms with van der Waals surface area (Å²) in [6, 6.07) is 3.10. The highest BCUT2D eigenvalue weighted by atomic mass is 32.2. The number of carboxylic acids is 1. The van der Waals surface area contributed by atoms with Crippen molar-refractivity contribution in [1.82, 2.24) is 0 Å². The van der Waals surface area contributed by atoms with E-state index < -0.39 is 33.1 Å². The van der Waals surface area contributed by atoms with E-state index in [0.717, 1.165) is 12.1 Å². The Balaban J connectivity index is 3.48. The fourth-order valence-corrected chi connectivity index (χ4v) is 1.79. The zero-order valence-electron chi connectivity index (χ0n) is 7.47. The van der Waals surface area contributed by atoms with Gasteiger partial charge in [0, 0.05) is 0 Å². The van der Waals surface area contributed by atoms with Crippen molar-refractivity contribution < 1.29 is 22.7 Å². The first-order valence-electron chi connectivity index (χ1n) is 3.81. The van der Waals surface area contributed by atoms with E-state index in [1.54, 1.807) is 0 Å². The van der Waals surface area contributed by atoms with Crippen LogP contribution in [0, 0.1) is 0 Å². The molecule has 0 radical (unpaired) electrons. The summed E-state index contributed by atoms with van der Waals surface area (Å²) in [4.78, 5) is 10.2. The van der Waals surface area contributed by atoms with Crippen molar-refractivity contribution in [1.29, 1.82) is 0 Å². The maximum Gasteiger partial charge on any atom is 0.337 e. The van der Waals surface area contributed by atoms with Crippen LogP contribution in [0.4, 0.5) is 4.39 Å². The van der Waals surface area contributed by atoms with E-state index >= 15 is 0 Å². The second-order valence-electron chi connectivity index (χ2n) is 2.81. The van der Waals surface area contributed by atoms with Crippen LogP contribution in [0.2, 0.25) is 0 Å². The van der Waals surface area contributed by atoms with Gasteiger partial charge in [0.25, 0.3) is 0 Å². The Bertz CT molecular complexity index is 497. The quantitative estimate of drug-likeness (QED) is 0.794.